The first-order valence-corrected chi connectivity index (χ1v) is 8.15. The minimum Gasteiger partial charge on any atom is -0.349 e. The Morgan fingerprint density at radius 3 is 2.71 bits per heavy atom. The van der Waals surface area contributed by atoms with Gasteiger partial charge in [-0.05, 0) is 44.2 Å². The van der Waals surface area contributed by atoms with Gasteiger partial charge in [0.25, 0.3) is 11.5 Å². The van der Waals surface area contributed by atoms with Crippen molar-refractivity contribution >= 4 is 24.0 Å². The van der Waals surface area contributed by atoms with E-state index in [0.29, 0.717) is 17.7 Å². The Balaban J connectivity index is 0.00000169. The van der Waals surface area contributed by atoms with Crippen LogP contribution in [0.25, 0.3) is 5.65 Å². The number of amides is 1. The second-order valence-corrected chi connectivity index (χ2v) is 6.69. The number of fused-ring (bicyclic) bond motifs is 3. The molecular formula is C17H21ClN4O2. The monoisotopic (exact) mass is 348 g/mol. The fraction of sp³-hybridized carbons (Fsp3) is 0.471. The van der Waals surface area contributed by atoms with Crippen LogP contribution in [0, 0.1) is 6.92 Å². The molecule has 2 unspecified atom stereocenters. The van der Waals surface area contributed by atoms with Gasteiger partial charge in [-0.3, -0.25) is 14.0 Å². The number of hydrogen-bond donors (Lipinski definition) is 2. The summed E-state index contributed by atoms with van der Waals surface area (Å²) in [6, 6.07) is 4.81. The van der Waals surface area contributed by atoms with E-state index in [1.165, 1.54) is 23.4 Å². The Kier molecular flexibility index (Phi) is 4.60. The molecular weight excluding hydrogens is 328 g/mol. The number of nitrogens with one attached hydrogen (secondary N) is 2. The Bertz CT molecular complexity index is 823. The van der Waals surface area contributed by atoms with Gasteiger partial charge in [-0.15, -0.1) is 12.4 Å². The zero-order valence-corrected chi connectivity index (χ0v) is 14.3. The van der Waals surface area contributed by atoms with Crippen molar-refractivity contribution in [3.05, 3.63) is 46.0 Å². The minimum absolute atomic E-state index is 0. The molecule has 2 aliphatic heterocycles. The number of carbonyl (C=O) groups is 1. The van der Waals surface area contributed by atoms with E-state index in [-0.39, 0.29) is 35.5 Å². The molecule has 2 saturated heterocycles. The molecule has 128 valence electrons. The molecule has 2 atom stereocenters. The van der Waals surface area contributed by atoms with Crippen molar-refractivity contribution in [3.63, 3.8) is 0 Å². The van der Waals surface area contributed by atoms with Crippen LogP contribution in [0.2, 0.25) is 0 Å². The van der Waals surface area contributed by atoms with E-state index in [4.69, 9.17) is 0 Å². The maximum atomic E-state index is 12.6. The largest absolute Gasteiger partial charge is 0.349 e. The van der Waals surface area contributed by atoms with Crippen LogP contribution in [-0.2, 0) is 0 Å². The highest BCUT2D eigenvalue weighted by molar-refractivity contribution is 5.94. The van der Waals surface area contributed by atoms with Gasteiger partial charge in [0.1, 0.15) is 11.2 Å². The average molecular weight is 349 g/mol. The zero-order chi connectivity index (χ0) is 16.0. The van der Waals surface area contributed by atoms with Crippen LogP contribution in [0.15, 0.2) is 29.3 Å². The van der Waals surface area contributed by atoms with E-state index in [9.17, 15) is 9.59 Å². The molecule has 2 fully saturated rings. The summed E-state index contributed by atoms with van der Waals surface area (Å²) >= 11 is 0. The molecule has 6 nitrogen and oxygen atoms in total. The third-order valence-corrected chi connectivity index (χ3v) is 4.90. The lowest BCUT2D eigenvalue weighted by molar-refractivity contribution is 0.0922. The summed E-state index contributed by atoms with van der Waals surface area (Å²) in [5, 5.41) is 6.57. The van der Waals surface area contributed by atoms with Gasteiger partial charge < -0.3 is 10.6 Å². The lowest BCUT2D eigenvalue weighted by atomic mass is 9.99. The molecule has 0 spiro atoms. The second-order valence-electron chi connectivity index (χ2n) is 6.69. The van der Waals surface area contributed by atoms with E-state index >= 15 is 0 Å². The molecule has 2 N–H and O–H groups in total. The van der Waals surface area contributed by atoms with E-state index in [1.54, 1.807) is 12.3 Å². The van der Waals surface area contributed by atoms with Gasteiger partial charge in [0, 0.05) is 30.5 Å². The molecule has 0 radical (unpaired) electrons. The highest BCUT2D eigenvalue weighted by atomic mass is 35.5. The number of hydrogen-bond acceptors (Lipinski definition) is 4. The Morgan fingerprint density at radius 1 is 1.29 bits per heavy atom. The Hall–Kier alpha value is -1.92. The number of pyridine rings is 1. The van der Waals surface area contributed by atoms with E-state index in [2.05, 4.69) is 15.6 Å². The molecule has 7 heteroatoms. The molecule has 2 aromatic rings. The Labute approximate surface area is 146 Å². The summed E-state index contributed by atoms with van der Waals surface area (Å²) < 4.78 is 1.44. The highest BCUT2D eigenvalue weighted by Crippen LogP contribution is 2.26. The van der Waals surface area contributed by atoms with Crippen molar-refractivity contribution in [1.82, 2.24) is 20.0 Å². The maximum absolute atomic E-state index is 12.6. The smallest absolute Gasteiger partial charge is 0.270 e. The number of piperidine rings is 1. The highest BCUT2D eigenvalue weighted by Gasteiger charge is 2.34. The maximum Gasteiger partial charge on any atom is 0.270 e. The predicted molar refractivity (Wildman–Crippen MR) is 93.9 cm³/mol. The SMILES string of the molecule is Cc1ccc2ncc(C(=O)NC3CC4CCC(C3)N4)c(=O)n2c1.Cl. The lowest BCUT2D eigenvalue weighted by Crippen LogP contribution is -2.48. The van der Waals surface area contributed by atoms with Gasteiger partial charge in [0.05, 0.1) is 0 Å². The van der Waals surface area contributed by atoms with Gasteiger partial charge in [0.2, 0.25) is 0 Å². The summed E-state index contributed by atoms with van der Waals surface area (Å²) in [5.41, 5.74) is 1.30. The number of aryl methyl sites for hydroxylation is 1. The number of rotatable bonds is 2. The first-order valence-electron chi connectivity index (χ1n) is 8.15. The van der Waals surface area contributed by atoms with Crippen molar-refractivity contribution in [2.45, 2.75) is 50.7 Å². The van der Waals surface area contributed by atoms with Gasteiger partial charge in [-0.2, -0.15) is 0 Å². The first kappa shape index (κ1) is 16.9. The third kappa shape index (κ3) is 3.03. The number of nitrogens with zero attached hydrogens (tertiary/aromatic N) is 2. The summed E-state index contributed by atoms with van der Waals surface area (Å²) in [5.74, 6) is -0.315. The minimum atomic E-state index is -0.315. The summed E-state index contributed by atoms with van der Waals surface area (Å²) in [7, 11) is 0. The van der Waals surface area contributed by atoms with Gasteiger partial charge in [0.15, 0.2) is 0 Å². The van der Waals surface area contributed by atoms with Gasteiger partial charge in [-0.25, -0.2) is 4.98 Å². The topological polar surface area (TPSA) is 75.5 Å². The van der Waals surface area contributed by atoms with Gasteiger partial charge in [-0.1, -0.05) is 6.07 Å². The quantitative estimate of drug-likeness (QED) is 0.861. The number of halogens is 1. The predicted octanol–water partition coefficient (Wildman–Crippen LogP) is 1.44. The van der Waals surface area contributed by atoms with Crippen molar-refractivity contribution in [2.24, 2.45) is 0 Å². The Morgan fingerprint density at radius 2 is 2.00 bits per heavy atom. The van der Waals surface area contributed by atoms with Crippen LogP contribution in [0.1, 0.15) is 41.6 Å². The molecule has 0 saturated carbocycles. The van der Waals surface area contributed by atoms with Crippen LogP contribution in [0.5, 0.6) is 0 Å². The summed E-state index contributed by atoms with van der Waals surface area (Å²) in [6.45, 7) is 1.91. The van der Waals surface area contributed by atoms with Crippen LogP contribution in [0.4, 0.5) is 0 Å². The van der Waals surface area contributed by atoms with E-state index in [1.807, 2.05) is 13.0 Å². The fourth-order valence-corrected chi connectivity index (χ4v) is 3.78. The summed E-state index contributed by atoms with van der Waals surface area (Å²) in [6.07, 6.45) is 7.32. The second kappa shape index (κ2) is 6.53. The van der Waals surface area contributed by atoms with Gasteiger partial charge >= 0.3 is 0 Å². The zero-order valence-electron chi connectivity index (χ0n) is 13.5. The molecule has 1 amide bonds. The van der Waals surface area contributed by atoms with Crippen LogP contribution < -0.4 is 16.2 Å². The molecule has 24 heavy (non-hydrogen) atoms. The molecule has 2 bridgehead atoms. The van der Waals surface area contributed by atoms with Crippen molar-refractivity contribution in [3.8, 4) is 0 Å². The molecule has 4 rings (SSSR count). The van der Waals surface area contributed by atoms with E-state index in [0.717, 1.165) is 18.4 Å². The molecule has 2 aliphatic rings. The van der Waals surface area contributed by atoms with Crippen molar-refractivity contribution < 1.29 is 4.79 Å². The van der Waals surface area contributed by atoms with Crippen LogP contribution >= 0.6 is 12.4 Å². The van der Waals surface area contributed by atoms with Crippen LogP contribution in [-0.4, -0.2) is 33.4 Å². The number of aromatic nitrogens is 2. The molecule has 0 aliphatic carbocycles. The third-order valence-electron chi connectivity index (χ3n) is 4.90. The normalized spacial score (nSPS) is 25.3. The van der Waals surface area contributed by atoms with Crippen molar-refractivity contribution in [2.75, 3.05) is 0 Å². The fourth-order valence-electron chi connectivity index (χ4n) is 3.78. The van der Waals surface area contributed by atoms with Crippen LogP contribution in [0.3, 0.4) is 0 Å². The molecule has 2 aromatic heterocycles. The average Bonchev–Trinajstić information content (AvgIpc) is 2.87. The summed E-state index contributed by atoms with van der Waals surface area (Å²) in [4.78, 5) is 29.3. The van der Waals surface area contributed by atoms with Crippen molar-refractivity contribution in [1.29, 1.82) is 0 Å². The lowest BCUT2D eigenvalue weighted by Gasteiger charge is -2.29. The molecule has 4 heterocycles. The first-order chi connectivity index (χ1) is 11.1. The molecule has 0 aromatic carbocycles. The van der Waals surface area contributed by atoms with E-state index < -0.39 is 0 Å². The standard InChI is InChI=1S/C17H20N4O2.ClH/c1-10-2-5-15-18-8-14(17(23)21(15)9-10)16(22)20-13-6-11-3-4-12(7-13)19-11;/h2,5,8-9,11-13,19H,3-4,6-7H2,1H3,(H,20,22);1H. The number of carbonyl (C=O) groups excluding carboxylic acids is 1.